The lowest BCUT2D eigenvalue weighted by atomic mass is 9.71. The minimum Gasteiger partial charge on any atom is -0.304 e. The van der Waals surface area contributed by atoms with E-state index in [0.717, 1.165) is 24.1 Å². The molecule has 5 heteroatoms. The second-order valence-corrected chi connectivity index (χ2v) is 8.42. The van der Waals surface area contributed by atoms with Crippen LogP contribution in [0.3, 0.4) is 0 Å². The number of carbonyl (C=O) groups is 1. The first-order valence-electron chi connectivity index (χ1n) is 9.18. The van der Waals surface area contributed by atoms with Crippen molar-refractivity contribution in [3.05, 3.63) is 88.4 Å². The van der Waals surface area contributed by atoms with Gasteiger partial charge in [0.05, 0.1) is 11.5 Å². The van der Waals surface area contributed by atoms with Crippen LogP contribution in [0.5, 0.6) is 0 Å². The van der Waals surface area contributed by atoms with Gasteiger partial charge in [-0.3, -0.25) is 4.79 Å². The van der Waals surface area contributed by atoms with Crippen LogP contribution in [0.2, 0.25) is 15.1 Å². The fourth-order valence-corrected chi connectivity index (χ4v) is 4.69. The number of allylic oxidation sites excluding steroid dienone is 2. The van der Waals surface area contributed by atoms with Crippen LogP contribution in [0.4, 0.5) is 5.69 Å². The Bertz CT molecular complexity index is 881. The van der Waals surface area contributed by atoms with E-state index in [9.17, 15) is 4.79 Å². The molecule has 2 nitrogen and oxygen atoms in total. The van der Waals surface area contributed by atoms with Crippen LogP contribution in [0.15, 0.2) is 67.8 Å². The highest BCUT2D eigenvalue weighted by Gasteiger charge is 2.46. The molecule has 0 saturated carbocycles. The van der Waals surface area contributed by atoms with Crippen LogP contribution in [0.1, 0.15) is 37.3 Å². The molecular formula is C23H22Cl3NO. The van der Waals surface area contributed by atoms with Crippen LogP contribution in [-0.4, -0.2) is 5.91 Å². The van der Waals surface area contributed by atoms with Crippen molar-refractivity contribution in [1.82, 2.24) is 0 Å². The highest BCUT2D eigenvalue weighted by Crippen LogP contribution is 2.48. The number of benzene rings is 2. The first-order valence-corrected chi connectivity index (χ1v) is 10.3. The number of hydrogen-bond acceptors (Lipinski definition) is 1. The molecule has 0 N–H and O–H groups in total. The lowest BCUT2D eigenvalue weighted by Crippen LogP contribution is -2.50. The Balaban J connectivity index is 2.12. The molecule has 2 aromatic rings. The van der Waals surface area contributed by atoms with Crippen molar-refractivity contribution >= 4 is 46.4 Å². The molecule has 1 aliphatic rings. The van der Waals surface area contributed by atoms with Gasteiger partial charge < -0.3 is 4.90 Å². The maximum atomic E-state index is 13.8. The van der Waals surface area contributed by atoms with E-state index in [2.05, 4.69) is 13.2 Å². The lowest BCUT2D eigenvalue weighted by Gasteiger charge is -2.46. The van der Waals surface area contributed by atoms with Crippen molar-refractivity contribution in [2.75, 3.05) is 4.90 Å². The van der Waals surface area contributed by atoms with Crippen LogP contribution < -0.4 is 4.90 Å². The van der Waals surface area contributed by atoms with Gasteiger partial charge in [0, 0.05) is 20.8 Å². The molecule has 0 bridgehead atoms. The van der Waals surface area contributed by atoms with E-state index in [1.165, 1.54) is 0 Å². The zero-order valence-corrected chi connectivity index (χ0v) is 17.8. The minimum absolute atomic E-state index is 0.0527. The van der Waals surface area contributed by atoms with E-state index in [-0.39, 0.29) is 11.9 Å². The molecule has 2 aromatic carbocycles. The number of anilines is 1. The van der Waals surface area contributed by atoms with Crippen molar-refractivity contribution in [2.24, 2.45) is 5.41 Å². The van der Waals surface area contributed by atoms with Crippen molar-refractivity contribution < 1.29 is 4.79 Å². The predicted octanol–water partition coefficient (Wildman–Crippen LogP) is 7.65. The SMILES string of the molecule is C=CCC1(CC=C)CC[C@H](c2ccc(Cl)cc2Cl)N(c2ccc(Cl)cc2)C1=O. The quantitative estimate of drug-likeness (QED) is 0.427. The third-order valence-corrected chi connectivity index (χ3v) is 6.19. The lowest BCUT2D eigenvalue weighted by molar-refractivity contribution is -0.131. The molecule has 0 aromatic heterocycles. The molecular weight excluding hydrogens is 413 g/mol. The average Bonchev–Trinajstić information content (AvgIpc) is 2.66. The fraction of sp³-hybridized carbons (Fsp3) is 0.261. The monoisotopic (exact) mass is 433 g/mol. The summed E-state index contributed by atoms with van der Waals surface area (Å²) in [5.74, 6) is 0.0527. The Labute approximate surface area is 181 Å². The first-order chi connectivity index (χ1) is 13.4. The van der Waals surface area contributed by atoms with E-state index in [4.69, 9.17) is 34.8 Å². The molecule has 0 aliphatic carbocycles. The molecule has 28 heavy (non-hydrogen) atoms. The molecule has 146 valence electrons. The highest BCUT2D eigenvalue weighted by atomic mass is 35.5. The van der Waals surface area contributed by atoms with Gasteiger partial charge in [-0.05, 0) is 67.6 Å². The Morgan fingerprint density at radius 1 is 1.00 bits per heavy atom. The number of halogens is 3. The molecule has 1 aliphatic heterocycles. The molecule has 0 spiro atoms. The summed E-state index contributed by atoms with van der Waals surface area (Å²) < 4.78 is 0. The Kier molecular flexibility index (Phi) is 6.54. The van der Waals surface area contributed by atoms with Gasteiger partial charge >= 0.3 is 0 Å². The number of piperidine rings is 1. The third kappa shape index (κ3) is 4.00. The number of nitrogens with zero attached hydrogens (tertiary/aromatic N) is 1. The van der Waals surface area contributed by atoms with E-state index in [1.807, 2.05) is 41.3 Å². The van der Waals surface area contributed by atoms with E-state index in [1.54, 1.807) is 18.2 Å². The number of carbonyl (C=O) groups excluding carboxylic acids is 1. The number of amides is 1. The van der Waals surface area contributed by atoms with Crippen LogP contribution in [-0.2, 0) is 4.79 Å². The topological polar surface area (TPSA) is 20.3 Å². The summed E-state index contributed by atoms with van der Waals surface area (Å²) in [5.41, 5.74) is 1.14. The van der Waals surface area contributed by atoms with Crippen LogP contribution in [0.25, 0.3) is 0 Å². The zero-order chi connectivity index (χ0) is 20.3. The molecule has 1 fully saturated rings. The standard InChI is InChI=1S/C23H22Cl3NO/c1-3-12-23(13-4-2)14-11-21(19-10-7-17(25)15-20(19)26)27(22(23)28)18-8-5-16(24)6-9-18/h3-10,15,21H,1-2,11-14H2/t21-/m1/s1. The maximum Gasteiger partial charge on any atom is 0.234 e. The summed E-state index contributed by atoms with van der Waals surface area (Å²) in [7, 11) is 0. The van der Waals surface area contributed by atoms with Gasteiger partial charge in [-0.1, -0.05) is 53.0 Å². The summed E-state index contributed by atoms with van der Waals surface area (Å²) >= 11 is 18.7. The maximum absolute atomic E-state index is 13.8. The molecule has 3 rings (SSSR count). The van der Waals surface area contributed by atoms with Gasteiger partial charge in [0.15, 0.2) is 0 Å². The summed E-state index contributed by atoms with van der Waals surface area (Å²) in [6.07, 6.45) is 6.34. The summed E-state index contributed by atoms with van der Waals surface area (Å²) in [6, 6.07) is 12.6. The second-order valence-electron chi connectivity index (χ2n) is 7.14. The van der Waals surface area contributed by atoms with Gasteiger partial charge in [0.25, 0.3) is 0 Å². The van der Waals surface area contributed by atoms with Gasteiger partial charge in [-0.15, -0.1) is 13.2 Å². The van der Waals surface area contributed by atoms with Gasteiger partial charge in [0.1, 0.15) is 0 Å². The smallest absolute Gasteiger partial charge is 0.234 e. The average molecular weight is 435 g/mol. The molecule has 1 atom stereocenters. The van der Waals surface area contributed by atoms with Gasteiger partial charge in [0.2, 0.25) is 5.91 Å². The zero-order valence-electron chi connectivity index (χ0n) is 15.5. The number of rotatable bonds is 6. The van der Waals surface area contributed by atoms with Crippen LogP contribution in [0, 0.1) is 5.41 Å². The van der Waals surface area contributed by atoms with Crippen molar-refractivity contribution in [3.8, 4) is 0 Å². The molecule has 1 amide bonds. The fourth-order valence-electron chi connectivity index (χ4n) is 4.03. The highest BCUT2D eigenvalue weighted by molar-refractivity contribution is 6.35. The summed E-state index contributed by atoms with van der Waals surface area (Å²) in [5, 5.41) is 1.75. The molecule has 0 unspecified atom stereocenters. The van der Waals surface area contributed by atoms with Crippen LogP contribution >= 0.6 is 34.8 Å². The Hall–Kier alpha value is -1.74. The predicted molar refractivity (Wildman–Crippen MR) is 119 cm³/mol. The summed E-state index contributed by atoms with van der Waals surface area (Å²) in [4.78, 5) is 15.7. The van der Waals surface area contributed by atoms with E-state index in [0.29, 0.717) is 27.9 Å². The van der Waals surface area contributed by atoms with Crippen molar-refractivity contribution in [2.45, 2.75) is 31.7 Å². The van der Waals surface area contributed by atoms with E-state index >= 15 is 0 Å². The molecule has 0 radical (unpaired) electrons. The van der Waals surface area contributed by atoms with Gasteiger partial charge in [-0.25, -0.2) is 0 Å². The first kappa shape index (κ1) is 21.0. The Morgan fingerprint density at radius 3 is 2.18 bits per heavy atom. The largest absolute Gasteiger partial charge is 0.304 e. The minimum atomic E-state index is -0.543. The van der Waals surface area contributed by atoms with Crippen molar-refractivity contribution in [3.63, 3.8) is 0 Å². The van der Waals surface area contributed by atoms with Crippen molar-refractivity contribution in [1.29, 1.82) is 0 Å². The normalized spacial score (nSPS) is 18.8. The molecule has 1 heterocycles. The Morgan fingerprint density at radius 2 is 1.61 bits per heavy atom. The summed E-state index contributed by atoms with van der Waals surface area (Å²) in [6.45, 7) is 7.74. The van der Waals surface area contributed by atoms with E-state index < -0.39 is 5.41 Å². The van der Waals surface area contributed by atoms with Gasteiger partial charge in [-0.2, -0.15) is 0 Å². The third-order valence-electron chi connectivity index (χ3n) is 5.38. The molecule has 1 saturated heterocycles. The number of hydrogen-bond donors (Lipinski definition) is 0. The second kappa shape index (κ2) is 8.73.